The van der Waals surface area contributed by atoms with Gasteiger partial charge in [-0.15, -0.1) is 0 Å². The highest BCUT2D eigenvalue weighted by atomic mass is 32.2. The van der Waals surface area contributed by atoms with Crippen LogP contribution in [-0.4, -0.2) is 30.4 Å². The molecule has 0 spiro atoms. The van der Waals surface area contributed by atoms with Crippen molar-refractivity contribution in [2.24, 2.45) is 0 Å². The van der Waals surface area contributed by atoms with Gasteiger partial charge in [-0.3, -0.25) is 0 Å². The minimum atomic E-state index is -0.277. The molecule has 4 aromatic carbocycles. The summed E-state index contributed by atoms with van der Waals surface area (Å²) in [5.41, 5.74) is 3.15. The van der Waals surface area contributed by atoms with Crippen molar-refractivity contribution in [1.29, 1.82) is 0 Å². The minimum Gasteiger partial charge on any atom is -0.374 e. The molecule has 0 radical (unpaired) electrons. The van der Waals surface area contributed by atoms with Crippen molar-refractivity contribution in [2.75, 3.05) is 6.61 Å². The normalized spacial score (nSPS) is 21.2. The highest BCUT2D eigenvalue weighted by Crippen LogP contribution is 2.38. The second-order valence-corrected chi connectivity index (χ2v) is 10.2. The van der Waals surface area contributed by atoms with E-state index in [0.717, 1.165) is 21.6 Å². The van der Waals surface area contributed by atoms with Crippen LogP contribution in [0, 0.1) is 0 Å². The first-order valence-corrected chi connectivity index (χ1v) is 13.5. The lowest BCUT2D eigenvalue weighted by molar-refractivity contribution is -0.0895. The highest BCUT2D eigenvalue weighted by Gasteiger charge is 2.47. The molecule has 1 saturated heterocycles. The standard InChI is InChI=1S/C32H32O4S/c1-5-13-25(14-6-1)21-33-24-29-30(34-22-26-15-7-2-8-16-26)31(35-23-27-17-9-3-10-18-27)32(36-29)37-28-19-11-4-12-20-28/h1-20,29-32H,21-24H2/t29-,30-,31+,32+/m1/s1. The van der Waals surface area contributed by atoms with E-state index in [0.29, 0.717) is 26.4 Å². The third kappa shape index (κ3) is 7.54. The van der Waals surface area contributed by atoms with Crippen molar-refractivity contribution in [2.45, 2.75) is 48.5 Å². The molecule has 4 aromatic rings. The summed E-state index contributed by atoms with van der Waals surface area (Å²) in [6.07, 6.45) is -0.797. The zero-order valence-corrected chi connectivity index (χ0v) is 21.5. The molecule has 0 bridgehead atoms. The Bertz CT molecular complexity index is 1170. The molecule has 190 valence electrons. The van der Waals surface area contributed by atoms with Crippen molar-refractivity contribution in [1.82, 2.24) is 0 Å². The third-order valence-electron chi connectivity index (χ3n) is 6.23. The van der Waals surface area contributed by atoms with Gasteiger partial charge in [0.25, 0.3) is 0 Å². The summed E-state index contributed by atoms with van der Waals surface area (Å²) in [7, 11) is 0. The van der Waals surface area contributed by atoms with E-state index in [9.17, 15) is 0 Å². The fourth-order valence-corrected chi connectivity index (χ4v) is 5.48. The van der Waals surface area contributed by atoms with E-state index in [4.69, 9.17) is 18.9 Å². The second kappa shape index (κ2) is 13.6. The smallest absolute Gasteiger partial charge is 0.137 e. The number of thioether (sulfide) groups is 1. The fraction of sp³-hybridized carbons (Fsp3) is 0.250. The van der Waals surface area contributed by atoms with Crippen LogP contribution in [0.5, 0.6) is 0 Å². The number of hydrogen-bond acceptors (Lipinski definition) is 5. The maximum Gasteiger partial charge on any atom is 0.137 e. The monoisotopic (exact) mass is 512 g/mol. The van der Waals surface area contributed by atoms with Gasteiger partial charge in [0.1, 0.15) is 23.7 Å². The van der Waals surface area contributed by atoms with Crippen LogP contribution >= 0.6 is 11.8 Å². The molecule has 0 aliphatic carbocycles. The molecule has 0 amide bonds. The lowest BCUT2D eigenvalue weighted by Crippen LogP contribution is -2.38. The molecule has 0 saturated carbocycles. The van der Waals surface area contributed by atoms with Gasteiger partial charge in [-0.25, -0.2) is 0 Å². The van der Waals surface area contributed by atoms with E-state index < -0.39 is 0 Å². The van der Waals surface area contributed by atoms with Crippen molar-refractivity contribution in [3.63, 3.8) is 0 Å². The average molecular weight is 513 g/mol. The van der Waals surface area contributed by atoms with Crippen molar-refractivity contribution in [3.8, 4) is 0 Å². The highest BCUT2D eigenvalue weighted by molar-refractivity contribution is 7.99. The quantitative estimate of drug-likeness (QED) is 0.207. The lowest BCUT2D eigenvalue weighted by Gasteiger charge is -2.25. The van der Waals surface area contributed by atoms with Gasteiger partial charge in [-0.1, -0.05) is 121 Å². The molecule has 5 rings (SSSR count). The Morgan fingerprint density at radius 3 is 1.54 bits per heavy atom. The van der Waals surface area contributed by atoms with Crippen LogP contribution in [-0.2, 0) is 38.8 Å². The molecule has 37 heavy (non-hydrogen) atoms. The predicted octanol–water partition coefficient (Wildman–Crippen LogP) is 6.89. The van der Waals surface area contributed by atoms with Crippen molar-refractivity contribution in [3.05, 3.63) is 138 Å². The van der Waals surface area contributed by atoms with Crippen LogP contribution in [0.2, 0.25) is 0 Å². The van der Waals surface area contributed by atoms with Gasteiger partial charge in [0.05, 0.1) is 26.4 Å². The van der Waals surface area contributed by atoms with E-state index >= 15 is 0 Å². The Balaban J connectivity index is 1.33. The van der Waals surface area contributed by atoms with Gasteiger partial charge in [0.2, 0.25) is 0 Å². The summed E-state index contributed by atoms with van der Waals surface area (Å²) in [5, 5.41) is 0. The van der Waals surface area contributed by atoms with E-state index in [2.05, 4.69) is 48.5 Å². The Kier molecular flexibility index (Phi) is 9.43. The van der Waals surface area contributed by atoms with Gasteiger partial charge in [0.15, 0.2) is 0 Å². The molecule has 1 aliphatic heterocycles. The minimum absolute atomic E-state index is 0.225. The summed E-state index contributed by atoms with van der Waals surface area (Å²) in [6, 6.07) is 41.0. The summed E-state index contributed by atoms with van der Waals surface area (Å²) in [6.45, 7) is 1.92. The van der Waals surface area contributed by atoms with Crippen LogP contribution in [0.4, 0.5) is 0 Å². The molecule has 4 atom stereocenters. The summed E-state index contributed by atoms with van der Waals surface area (Å²) >= 11 is 1.67. The molecular formula is C32H32O4S. The first kappa shape index (κ1) is 25.7. The number of ether oxygens (including phenoxy) is 4. The molecule has 0 unspecified atom stereocenters. The van der Waals surface area contributed by atoms with Gasteiger partial charge < -0.3 is 18.9 Å². The third-order valence-corrected chi connectivity index (χ3v) is 7.38. The van der Waals surface area contributed by atoms with Gasteiger partial charge in [0, 0.05) is 4.90 Å². The predicted molar refractivity (Wildman–Crippen MR) is 147 cm³/mol. The summed E-state index contributed by atoms with van der Waals surface area (Å²) < 4.78 is 25.8. The Labute approximate surface area is 223 Å². The molecule has 1 aliphatic rings. The second-order valence-electron chi connectivity index (χ2n) is 9.00. The molecule has 1 fully saturated rings. The Morgan fingerprint density at radius 1 is 0.541 bits per heavy atom. The molecule has 5 heteroatoms. The van der Waals surface area contributed by atoms with Gasteiger partial charge >= 0.3 is 0 Å². The zero-order valence-electron chi connectivity index (χ0n) is 20.7. The van der Waals surface area contributed by atoms with Crippen molar-refractivity contribution >= 4 is 11.8 Å². The first-order valence-electron chi connectivity index (χ1n) is 12.6. The van der Waals surface area contributed by atoms with Crippen molar-refractivity contribution < 1.29 is 18.9 Å². The largest absolute Gasteiger partial charge is 0.374 e. The Morgan fingerprint density at radius 2 is 1.00 bits per heavy atom. The Hall–Kier alpha value is -2.93. The maximum atomic E-state index is 6.59. The first-order chi connectivity index (χ1) is 18.3. The fourth-order valence-electron chi connectivity index (χ4n) is 4.33. The zero-order chi connectivity index (χ0) is 25.1. The topological polar surface area (TPSA) is 36.9 Å². The SMILES string of the molecule is c1ccc(COC[C@H]2O[C@@H](Sc3ccccc3)[C@@H](OCc3ccccc3)[C@@H]2OCc2ccccc2)cc1. The molecule has 0 N–H and O–H groups in total. The average Bonchev–Trinajstić information content (AvgIpc) is 3.28. The number of benzene rings is 4. The van der Waals surface area contributed by atoms with E-state index in [1.54, 1.807) is 11.8 Å². The van der Waals surface area contributed by atoms with E-state index in [-0.39, 0.29) is 23.7 Å². The van der Waals surface area contributed by atoms with Gasteiger partial charge in [-0.05, 0) is 28.8 Å². The molecular weight excluding hydrogens is 480 g/mol. The van der Waals surface area contributed by atoms with E-state index in [1.165, 1.54) is 0 Å². The maximum absolute atomic E-state index is 6.59. The molecule has 0 aromatic heterocycles. The van der Waals surface area contributed by atoms with Crippen LogP contribution in [0.1, 0.15) is 16.7 Å². The van der Waals surface area contributed by atoms with Crippen LogP contribution in [0.25, 0.3) is 0 Å². The lowest BCUT2D eigenvalue weighted by atomic mass is 10.1. The van der Waals surface area contributed by atoms with Gasteiger partial charge in [-0.2, -0.15) is 0 Å². The summed E-state index contributed by atoms with van der Waals surface area (Å²) in [5.74, 6) is 0. The van der Waals surface area contributed by atoms with Crippen LogP contribution in [0.15, 0.2) is 126 Å². The van der Waals surface area contributed by atoms with Crippen LogP contribution in [0.3, 0.4) is 0 Å². The number of hydrogen-bond donors (Lipinski definition) is 0. The molecule has 4 nitrogen and oxygen atoms in total. The van der Waals surface area contributed by atoms with Crippen LogP contribution < -0.4 is 0 Å². The van der Waals surface area contributed by atoms with E-state index in [1.807, 2.05) is 72.8 Å². The summed E-state index contributed by atoms with van der Waals surface area (Å²) in [4.78, 5) is 1.13. The molecule has 1 heterocycles. The number of rotatable bonds is 12.